The van der Waals surface area contributed by atoms with Crippen LogP contribution >= 0.6 is 0 Å². The fraction of sp³-hybridized carbons (Fsp3) is 0.353. The van der Waals surface area contributed by atoms with Crippen molar-refractivity contribution in [3.05, 3.63) is 47.8 Å². The fourth-order valence-corrected chi connectivity index (χ4v) is 2.64. The Hall–Kier alpha value is -2.57. The van der Waals surface area contributed by atoms with Crippen molar-refractivity contribution in [3.8, 4) is 0 Å². The van der Waals surface area contributed by atoms with Gasteiger partial charge in [-0.15, -0.1) is 0 Å². The molecule has 0 amide bonds. The third kappa shape index (κ3) is 3.06. The predicted molar refractivity (Wildman–Crippen MR) is 88.6 cm³/mol. The fourth-order valence-electron chi connectivity index (χ4n) is 2.64. The smallest absolute Gasteiger partial charge is 0.185 e. The number of fused-ring (bicyclic) bond motifs is 1. The van der Waals surface area contributed by atoms with Gasteiger partial charge in [0.05, 0.1) is 17.1 Å². The number of benzene rings is 1. The number of allylic oxidation sites excluding steroid dienone is 2. The van der Waals surface area contributed by atoms with E-state index in [0.29, 0.717) is 22.4 Å². The molecule has 3 rings (SSSR count). The highest BCUT2D eigenvalue weighted by molar-refractivity contribution is 5.82. The van der Waals surface area contributed by atoms with Gasteiger partial charge in [-0.25, -0.2) is 13.8 Å². The van der Waals surface area contributed by atoms with Crippen molar-refractivity contribution in [1.82, 2.24) is 9.55 Å². The van der Waals surface area contributed by atoms with Gasteiger partial charge in [-0.2, -0.15) is 0 Å². The molecule has 24 heavy (non-hydrogen) atoms. The molecule has 1 aliphatic rings. The maximum atomic E-state index is 13.7. The zero-order valence-corrected chi connectivity index (χ0v) is 13.6. The number of nitrogens with zero attached hydrogens (tertiary/aromatic N) is 2. The van der Waals surface area contributed by atoms with E-state index in [2.05, 4.69) is 4.98 Å². The Balaban J connectivity index is 2.12. The maximum absolute atomic E-state index is 13.7. The molecule has 0 aliphatic heterocycles. The first-order valence-electron chi connectivity index (χ1n) is 7.83. The average molecular weight is 334 g/mol. The van der Waals surface area contributed by atoms with Crippen LogP contribution in [-0.2, 0) is 4.74 Å². The van der Waals surface area contributed by atoms with E-state index in [4.69, 9.17) is 16.2 Å². The summed E-state index contributed by atoms with van der Waals surface area (Å²) >= 11 is 0. The van der Waals surface area contributed by atoms with Crippen molar-refractivity contribution in [2.45, 2.75) is 38.8 Å². The van der Waals surface area contributed by atoms with Gasteiger partial charge in [0.1, 0.15) is 5.82 Å². The SMILES string of the molecule is CC(C)O/C(N)=C/C(=C\N)c1nc2cc(F)c(F)cc2n1C1CC1. The van der Waals surface area contributed by atoms with E-state index in [-0.39, 0.29) is 18.0 Å². The van der Waals surface area contributed by atoms with Crippen molar-refractivity contribution >= 4 is 16.6 Å². The van der Waals surface area contributed by atoms with Gasteiger partial charge in [0.15, 0.2) is 17.5 Å². The van der Waals surface area contributed by atoms with Gasteiger partial charge >= 0.3 is 0 Å². The lowest BCUT2D eigenvalue weighted by Crippen LogP contribution is -2.10. The number of aromatic nitrogens is 2. The monoisotopic (exact) mass is 334 g/mol. The molecule has 2 aromatic rings. The average Bonchev–Trinajstić information content (AvgIpc) is 3.27. The molecule has 1 fully saturated rings. The summed E-state index contributed by atoms with van der Waals surface area (Å²) < 4.78 is 34.5. The van der Waals surface area contributed by atoms with Crippen LogP contribution in [0.2, 0.25) is 0 Å². The van der Waals surface area contributed by atoms with Crippen molar-refractivity contribution in [2.24, 2.45) is 11.5 Å². The van der Waals surface area contributed by atoms with Gasteiger partial charge in [-0.05, 0) is 26.7 Å². The highest BCUT2D eigenvalue weighted by Crippen LogP contribution is 2.40. The molecule has 0 atom stereocenters. The normalized spacial score (nSPS) is 16.2. The Morgan fingerprint density at radius 1 is 1.33 bits per heavy atom. The second-order valence-corrected chi connectivity index (χ2v) is 6.13. The molecule has 1 aromatic heterocycles. The lowest BCUT2D eigenvalue weighted by atomic mass is 10.2. The molecule has 1 saturated carbocycles. The number of nitrogens with two attached hydrogens (primary N) is 2. The van der Waals surface area contributed by atoms with Crippen LogP contribution in [0.1, 0.15) is 38.6 Å². The van der Waals surface area contributed by atoms with Crippen LogP contribution < -0.4 is 11.5 Å². The van der Waals surface area contributed by atoms with Crippen molar-refractivity contribution < 1.29 is 13.5 Å². The maximum Gasteiger partial charge on any atom is 0.185 e. The van der Waals surface area contributed by atoms with Gasteiger partial charge in [-0.3, -0.25) is 0 Å². The number of ether oxygens (including phenoxy) is 1. The molecule has 0 saturated heterocycles. The molecule has 1 heterocycles. The summed E-state index contributed by atoms with van der Waals surface area (Å²) in [6.45, 7) is 3.72. The Bertz CT molecular complexity index is 835. The summed E-state index contributed by atoms with van der Waals surface area (Å²) in [7, 11) is 0. The molecular weight excluding hydrogens is 314 g/mol. The minimum Gasteiger partial charge on any atom is -0.477 e. The Morgan fingerprint density at radius 3 is 2.58 bits per heavy atom. The molecule has 1 aliphatic carbocycles. The van der Waals surface area contributed by atoms with E-state index < -0.39 is 11.6 Å². The van der Waals surface area contributed by atoms with Gasteiger partial charge < -0.3 is 20.8 Å². The minimum atomic E-state index is -0.925. The van der Waals surface area contributed by atoms with Crippen LogP contribution in [0.15, 0.2) is 30.3 Å². The number of rotatable bonds is 5. The van der Waals surface area contributed by atoms with Gasteiger partial charge in [0.25, 0.3) is 0 Å². The van der Waals surface area contributed by atoms with Crippen LogP contribution in [0.25, 0.3) is 16.6 Å². The van der Waals surface area contributed by atoms with Crippen LogP contribution in [0.4, 0.5) is 8.78 Å². The van der Waals surface area contributed by atoms with Crippen molar-refractivity contribution in [3.63, 3.8) is 0 Å². The second-order valence-electron chi connectivity index (χ2n) is 6.13. The number of imidazole rings is 1. The molecule has 0 bridgehead atoms. The first-order valence-corrected chi connectivity index (χ1v) is 7.83. The van der Waals surface area contributed by atoms with Crippen LogP contribution in [-0.4, -0.2) is 15.7 Å². The summed E-state index contributed by atoms with van der Waals surface area (Å²) in [5.41, 5.74) is 13.1. The van der Waals surface area contributed by atoms with Crippen LogP contribution in [0.5, 0.6) is 0 Å². The highest BCUT2D eigenvalue weighted by atomic mass is 19.2. The summed E-state index contributed by atoms with van der Waals surface area (Å²) in [5, 5.41) is 0. The summed E-state index contributed by atoms with van der Waals surface area (Å²) in [4.78, 5) is 4.43. The quantitative estimate of drug-likeness (QED) is 0.650. The molecule has 1 aromatic carbocycles. The Morgan fingerprint density at radius 2 is 2.00 bits per heavy atom. The third-order valence-corrected chi connectivity index (χ3v) is 3.75. The summed E-state index contributed by atoms with van der Waals surface area (Å²) in [5.74, 6) is -1.10. The van der Waals surface area contributed by atoms with E-state index in [1.54, 1.807) is 6.08 Å². The predicted octanol–water partition coefficient (Wildman–Crippen LogP) is 3.17. The van der Waals surface area contributed by atoms with Gasteiger partial charge in [0.2, 0.25) is 0 Å². The van der Waals surface area contributed by atoms with Crippen LogP contribution in [0, 0.1) is 11.6 Å². The molecule has 5 nitrogen and oxygen atoms in total. The summed E-state index contributed by atoms with van der Waals surface area (Å²) in [6, 6.07) is 2.47. The van der Waals surface area contributed by atoms with Crippen molar-refractivity contribution in [1.29, 1.82) is 0 Å². The van der Waals surface area contributed by atoms with E-state index >= 15 is 0 Å². The number of halogens is 2. The highest BCUT2D eigenvalue weighted by Gasteiger charge is 2.29. The molecule has 128 valence electrons. The molecule has 7 heteroatoms. The van der Waals surface area contributed by atoms with E-state index in [0.717, 1.165) is 18.9 Å². The lowest BCUT2D eigenvalue weighted by Gasteiger charge is -2.11. The van der Waals surface area contributed by atoms with E-state index in [1.807, 2.05) is 18.4 Å². The Kier molecular flexibility index (Phi) is 4.17. The van der Waals surface area contributed by atoms with E-state index in [1.165, 1.54) is 12.3 Å². The molecule has 4 N–H and O–H groups in total. The van der Waals surface area contributed by atoms with E-state index in [9.17, 15) is 8.78 Å². The standard InChI is InChI=1S/C17H20F2N4O/c1-9(2)24-16(21)5-10(8-20)17-22-14-6-12(18)13(19)7-15(14)23(17)11-3-4-11/h5-9,11H,3-4,20-21H2,1-2H3/b10-8+,16-5+. The summed E-state index contributed by atoms with van der Waals surface area (Å²) in [6.07, 6.45) is 4.77. The Labute approximate surface area is 138 Å². The number of hydrogen-bond acceptors (Lipinski definition) is 4. The van der Waals surface area contributed by atoms with Crippen molar-refractivity contribution in [2.75, 3.05) is 0 Å². The molecule has 0 radical (unpaired) electrons. The third-order valence-electron chi connectivity index (χ3n) is 3.75. The lowest BCUT2D eigenvalue weighted by molar-refractivity contribution is 0.145. The second kappa shape index (κ2) is 6.14. The zero-order chi connectivity index (χ0) is 17.4. The van der Waals surface area contributed by atoms with Gasteiger partial charge in [0, 0.05) is 36.0 Å². The van der Waals surface area contributed by atoms with Gasteiger partial charge in [-0.1, -0.05) is 0 Å². The first-order chi connectivity index (χ1) is 11.4. The molecular formula is C17H20F2N4O. The zero-order valence-electron chi connectivity index (χ0n) is 13.6. The topological polar surface area (TPSA) is 79.1 Å². The number of hydrogen-bond donors (Lipinski definition) is 2. The minimum absolute atomic E-state index is 0.0780. The largest absolute Gasteiger partial charge is 0.477 e. The molecule has 0 spiro atoms. The molecule has 0 unspecified atom stereocenters. The van der Waals surface area contributed by atoms with Crippen LogP contribution in [0.3, 0.4) is 0 Å². The first kappa shape index (κ1) is 16.3.